The molecule has 2 heterocycles. The van der Waals surface area contributed by atoms with Gasteiger partial charge in [0, 0.05) is 20.1 Å². The summed E-state index contributed by atoms with van der Waals surface area (Å²) in [6, 6.07) is 17.2. The summed E-state index contributed by atoms with van der Waals surface area (Å²) < 4.78 is 5.24. The smallest absolute Gasteiger partial charge is 0.324 e. The highest BCUT2D eigenvalue weighted by Crippen LogP contribution is 2.31. The number of hydrogen-bond donors (Lipinski definition) is 1. The second kappa shape index (κ2) is 8.41. The minimum absolute atomic E-state index is 0.0435. The number of hydrogen-bond acceptors (Lipinski definition) is 4. The molecule has 7 heteroatoms. The average Bonchev–Trinajstić information content (AvgIpc) is 3.02. The molecule has 4 rings (SSSR count). The van der Waals surface area contributed by atoms with Crippen molar-refractivity contribution in [3.63, 3.8) is 0 Å². The summed E-state index contributed by atoms with van der Waals surface area (Å²) in [5.41, 5.74) is 1.14. The van der Waals surface area contributed by atoms with E-state index in [4.69, 9.17) is 4.74 Å². The number of piperidine rings is 1. The van der Waals surface area contributed by atoms with Gasteiger partial charge in [-0.15, -0.1) is 0 Å². The predicted molar refractivity (Wildman–Crippen MR) is 116 cm³/mol. The first-order valence-electron chi connectivity index (χ1n) is 10.5. The lowest BCUT2D eigenvalue weighted by Crippen LogP contribution is -2.56. The van der Waals surface area contributed by atoms with E-state index in [1.165, 1.54) is 7.05 Å². The molecule has 0 saturated carbocycles. The van der Waals surface area contributed by atoms with Crippen LogP contribution in [-0.2, 0) is 16.0 Å². The maximum Gasteiger partial charge on any atom is 0.324 e. The van der Waals surface area contributed by atoms with E-state index in [1.54, 1.807) is 7.11 Å². The number of likely N-dealkylation sites (tertiary alicyclic amines) is 1. The zero-order chi connectivity index (χ0) is 22.0. The van der Waals surface area contributed by atoms with E-state index in [0.29, 0.717) is 32.4 Å². The van der Waals surface area contributed by atoms with Crippen LogP contribution in [0.3, 0.4) is 0 Å². The number of likely N-dealkylation sites (N-methyl/N-ethyl adjacent to an activating group) is 1. The molecule has 1 N–H and O–H groups in total. The Bertz CT molecular complexity index is 966. The van der Waals surface area contributed by atoms with Crippen molar-refractivity contribution in [2.24, 2.45) is 0 Å². The Labute approximate surface area is 182 Å². The van der Waals surface area contributed by atoms with Crippen LogP contribution in [0.1, 0.15) is 29.9 Å². The highest BCUT2D eigenvalue weighted by Gasteiger charge is 2.51. The average molecular weight is 421 g/mol. The number of methoxy groups -OCH3 is 1. The van der Waals surface area contributed by atoms with Gasteiger partial charge in [0.25, 0.3) is 5.91 Å². The lowest BCUT2D eigenvalue weighted by molar-refractivity contribution is -0.139. The van der Waals surface area contributed by atoms with Crippen LogP contribution in [0.4, 0.5) is 4.79 Å². The van der Waals surface area contributed by atoms with Gasteiger partial charge in [-0.1, -0.05) is 42.5 Å². The second-order valence-corrected chi connectivity index (χ2v) is 8.22. The summed E-state index contributed by atoms with van der Waals surface area (Å²) >= 11 is 0. The molecule has 2 aromatic rings. The topological polar surface area (TPSA) is 79.0 Å². The fourth-order valence-corrected chi connectivity index (χ4v) is 4.45. The van der Waals surface area contributed by atoms with Crippen LogP contribution >= 0.6 is 0 Å². The van der Waals surface area contributed by atoms with Crippen molar-refractivity contribution in [1.29, 1.82) is 0 Å². The Morgan fingerprint density at radius 1 is 1.06 bits per heavy atom. The summed E-state index contributed by atoms with van der Waals surface area (Å²) in [5.74, 6) is 0.297. The van der Waals surface area contributed by atoms with E-state index in [1.807, 2.05) is 59.5 Å². The van der Waals surface area contributed by atoms with Crippen LogP contribution in [0.15, 0.2) is 54.6 Å². The predicted octanol–water partition coefficient (Wildman–Crippen LogP) is 2.56. The van der Waals surface area contributed by atoms with Gasteiger partial charge in [0.05, 0.1) is 13.0 Å². The zero-order valence-electron chi connectivity index (χ0n) is 17.8. The minimum Gasteiger partial charge on any atom is -0.497 e. The quantitative estimate of drug-likeness (QED) is 0.753. The van der Waals surface area contributed by atoms with Crippen molar-refractivity contribution in [3.8, 4) is 5.75 Å². The first kappa shape index (κ1) is 20.9. The number of urea groups is 1. The Morgan fingerprint density at radius 2 is 1.71 bits per heavy atom. The largest absolute Gasteiger partial charge is 0.497 e. The third kappa shape index (κ3) is 4.00. The monoisotopic (exact) mass is 421 g/mol. The molecule has 2 saturated heterocycles. The van der Waals surface area contributed by atoms with E-state index in [9.17, 15) is 14.4 Å². The van der Waals surface area contributed by atoms with Gasteiger partial charge in [-0.3, -0.25) is 14.5 Å². The molecule has 2 aromatic carbocycles. The fourth-order valence-electron chi connectivity index (χ4n) is 4.45. The second-order valence-electron chi connectivity index (χ2n) is 8.22. The van der Waals surface area contributed by atoms with Crippen LogP contribution in [0.2, 0.25) is 0 Å². The maximum absolute atomic E-state index is 13.6. The Morgan fingerprint density at radius 3 is 2.26 bits per heavy atom. The highest BCUT2D eigenvalue weighted by atomic mass is 16.5. The van der Waals surface area contributed by atoms with Gasteiger partial charge >= 0.3 is 6.03 Å². The lowest BCUT2D eigenvalue weighted by Gasteiger charge is -2.38. The summed E-state index contributed by atoms with van der Waals surface area (Å²) in [6.07, 6.45) is 1.43. The first-order chi connectivity index (χ1) is 14.9. The molecule has 0 bridgehead atoms. The molecule has 2 fully saturated rings. The van der Waals surface area contributed by atoms with E-state index in [2.05, 4.69) is 5.32 Å². The summed E-state index contributed by atoms with van der Waals surface area (Å²) in [7, 11) is 3.12. The van der Waals surface area contributed by atoms with Crippen molar-refractivity contribution in [2.45, 2.75) is 30.7 Å². The van der Waals surface area contributed by atoms with Gasteiger partial charge in [-0.25, -0.2) is 4.79 Å². The minimum atomic E-state index is -0.874. The molecule has 2 aliphatic rings. The molecule has 0 radical (unpaired) electrons. The number of rotatable bonds is 5. The van der Waals surface area contributed by atoms with Crippen molar-refractivity contribution in [3.05, 3.63) is 65.7 Å². The van der Waals surface area contributed by atoms with Gasteiger partial charge in [0.2, 0.25) is 5.91 Å². The maximum atomic E-state index is 13.6. The molecule has 31 heavy (non-hydrogen) atoms. The van der Waals surface area contributed by atoms with Crippen LogP contribution < -0.4 is 10.1 Å². The Hall–Kier alpha value is -3.35. The summed E-state index contributed by atoms with van der Waals surface area (Å²) in [4.78, 5) is 41.0. The van der Waals surface area contributed by atoms with Crippen molar-refractivity contribution >= 4 is 17.8 Å². The van der Waals surface area contributed by atoms with Gasteiger partial charge in [0.1, 0.15) is 11.3 Å². The van der Waals surface area contributed by atoms with Crippen LogP contribution in [0, 0.1) is 0 Å². The number of nitrogens with one attached hydrogen (secondary N) is 1. The number of carbonyl (C=O) groups excluding carboxylic acids is 3. The molecule has 2 aliphatic heterocycles. The molecule has 1 atom stereocenters. The van der Waals surface area contributed by atoms with Crippen LogP contribution in [0.25, 0.3) is 0 Å². The summed E-state index contributed by atoms with van der Waals surface area (Å²) in [5, 5.41) is 2.83. The van der Waals surface area contributed by atoms with Gasteiger partial charge < -0.3 is 15.0 Å². The molecular formula is C24H27N3O4. The standard InChI is InChI=1S/C24H27N3O4/c1-26-22(29)24(25-23(26)30)12-14-27(15-13-24)21(28)20(18-6-4-3-5-7-18)16-17-8-10-19(31-2)11-9-17/h3-11,20H,12-16H2,1-2H3,(H,25,30)/t20-/m1/s1. The molecule has 4 amide bonds. The number of ether oxygens (including phenoxy) is 1. The number of amides is 4. The lowest BCUT2D eigenvalue weighted by atomic mass is 9.85. The number of benzene rings is 2. The summed E-state index contributed by atoms with van der Waals surface area (Å²) in [6.45, 7) is 0.870. The normalized spacial score (nSPS) is 18.8. The highest BCUT2D eigenvalue weighted by molar-refractivity contribution is 6.06. The number of imide groups is 1. The van der Waals surface area contributed by atoms with Crippen LogP contribution in [0.5, 0.6) is 5.75 Å². The van der Waals surface area contributed by atoms with Gasteiger partial charge in [0.15, 0.2) is 0 Å². The van der Waals surface area contributed by atoms with E-state index in [0.717, 1.165) is 21.8 Å². The van der Waals surface area contributed by atoms with Crippen molar-refractivity contribution in [2.75, 3.05) is 27.2 Å². The molecule has 0 unspecified atom stereocenters. The van der Waals surface area contributed by atoms with Crippen molar-refractivity contribution < 1.29 is 19.1 Å². The van der Waals surface area contributed by atoms with E-state index >= 15 is 0 Å². The third-order valence-electron chi connectivity index (χ3n) is 6.39. The molecule has 7 nitrogen and oxygen atoms in total. The molecule has 0 aromatic heterocycles. The van der Waals surface area contributed by atoms with Gasteiger partial charge in [-0.2, -0.15) is 0 Å². The molecule has 0 aliphatic carbocycles. The number of carbonyl (C=O) groups is 3. The van der Waals surface area contributed by atoms with E-state index < -0.39 is 5.54 Å². The molecule has 1 spiro atoms. The molecule has 162 valence electrons. The third-order valence-corrected chi connectivity index (χ3v) is 6.39. The first-order valence-corrected chi connectivity index (χ1v) is 10.5. The van der Waals surface area contributed by atoms with Gasteiger partial charge in [-0.05, 0) is 42.5 Å². The zero-order valence-corrected chi connectivity index (χ0v) is 17.8. The fraction of sp³-hybridized carbons (Fsp3) is 0.375. The SMILES string of the molecule is COc1ccc(C[C@@H](C(=O)N2CCC3(CC2)NC(=O)N(C)C3=O)c2ccccc2)cc1. The number of nitrogens with zero attached hydrogens (tertiary/aromatic N) is 2. The Kier molecular flexibility index (Phi) is 5.67. The van der Waals surface area contributed by atoms with Crippen molar-refractivity contribution in [1.82, 2.24) is 15.1 Å². The molecular weight excluding hydrogens is 394 g/mol. The van der Waals surface area contributed by atoms with E-state index in [-0.39, 0.29) is 23.8 Å². The Balaban J connectivity index is 1.51. The van der Waals surface area contributed by atoms with Crippen LogP contribution in [-0.4, -0.2) is 60.4 Å².